The monoisotopic (exact) mass is 332 g/mol. The van der Waals surface area contributed by atoms with Crippen LogP contribution < -0.4 is 4.74 Å². The number of carbonyl (C=O) groups excluding carboxylic acids is 2. The molecule has 2 rings (SSSR count). The zero-order chi connectivity index (χ0) is 17.5. The molecule has 5 heteroatoms. The van der Waals surface area contributed by atoms with Crippen LogP contribution in [0.2, 0.25) is 0 Å². The summed E-state index contributed by atoms with van der Waals surface area (Å²) in [5.74, 6) is 0.938. The van der Waals surface area contributed by atoms with Crippen LogP contribution in [0.3, 0.4) is 0 Å². The van der Waals surface area contributed by atoms with Crippen LogP contribution in [0.4, 0.5) is 0 Å². The average Bonchev–Trinajstić information content (AvgIpc) is 2.58. The molecule has 0 N–H and O–H groups in total. The van der Waals surface area contributed by atoms with Crippen LogP contribution in [0.5, 0.6) is 5.75 Å². The Balaban J connectivity index is 1.77. The fourth-order valence-electron chi connectivity index (χ4n) is 2.88. The van der Waals surface area contributed by atoms with Crippen molar-refractivity contribution in [3.8, 4) is 5.75 Å². The van der Waals surface area contributed by atoms with Crippen molar-refractivity contribution >= 4 is 11.8 Å². The predicted octanol–water partition coefficient (Wildman–Crippen LogP) is 2.54. The molecule has 5 nitrogen and oxygen atoms in total. The van der Waals surface area contributed by atoms with Crippen molar-refractivity contribution in [2.45, 2.75) is 40.0 Å². The maximum atomic E-state index is 12.3. The molecular formula is C19H28N2O3. The van der Waals surface area contributed by atoms with Gasteiger partial charge in [-0.25, -0.2) is 0 Å². The second-order valence-corrected chi connectivity index (χ2v) is 6.42. The zero-order valence-electron chi connectivity index (χ0n) is 15.0. The SMILES string of the molecule is CCCCC(=O)N1CCN(C(=O)COc2ccc(C)cc2C)CC1. The highest BCUT2D eigenvalue weighted by atomic mass is 16.5. The van der Waals surface area contributed by atoms with Crippen molar-refractivity contribution < 1.29 is 14.3 Å². The van der Waals surface area contributed by atoms with Gasteiger partial charge in [0.1, 0.15) is 5.75 Å². The van der Waals surface area contributed by atoms with Crippen molar-refractivity contribution in [1.29, 1.82) is 0 Å². The van der Waals surface area contributed by atoms with Crippen LogP contribution in [0.1, 0.15) is 37.3 Å². The third-order valence-corrected chi connectivity index (χ3v) is 4.41. The van der Waals surface area contributed by atoms with E-state index in [2.05, 4.69) is 6.92 Å². The third-order valence-electron chi connectivity index (χ3n) is 4.41. The summed E-state index contributed by atoms with van der Waals surface area (Å²) in [6.07, 6.45) is 2.57. The second kappa shape index (κ2) is 8.71. The van der Waals surface area contributed by atoms with Crippen LogP contribution in [-0.2, 0) is 9.59 Å². The van der Waals surface area contributed by atoms with Gasteiger partial charge in [0.2, 0.25) is 5.91 Å². The summed E-state index contributed by atoms with van der Waals surface area (Å²) in [5.41, 5.74) is 2.21. The van der Waals surface area contributed by atoms with Gasteiger partial charge in [-0.1, -0.05) is 31.0 Å². The molecule has 2 amide bonds. The highest BCUT2D eigenvalue weighted by Crippen LogP contribution is 2.18. The lowest BCUT2D eigenvalue weighted by Crippen LogP contribution is -2.51. The van der Waals surface area contributed by atoms with Gasteiger partial charge >= 0.3 is 0 Å². The second-order valence-electron chi connectivity index (χ2n) is 6.42. The minimum Gasteiger partial charge on any atom is -0.484 e. The molecule has 1 aromatic rings. The average molecular weight is 332 g/mol. The van der Waals surface area contributed by atoms with Crippen molar-refractivity contribution in [1.82, 2.24) is 9.80 Å². The molecule has 0 aromatic heterocycles. The fourth-order valence-corrected chi connectivity index (χ4v) is 2.88. The van der Waals surface area contributed by atoms with E-state index in [0.717, 1.165) is 24.2 Å². The quantitative estimate of drug-likeness (QED) is 0.804. The number of hydrogen-bond acceptors (Lipinski definition) is 3. The Morgan fingerprint density at radius 3 is 2.25 bits per heavy atom. The number of ether oxygens (including phenoxy) is 1. The Morgan fingerprint density at radius 1 is 1.04 bits per heavy atom. The molecule has 1 aromatic carbocycles. The van der Waals surface area contributed by atoms with Gasteiger partial charge in [-0.3, -0.25) is 9.59 Å². The molecule has 24 heavy (non-hydrogen) atoms. The summed E-state index contributed by atoms with van der Waals surface area (Å²) in [6, 6.07) is 5.93. The molecule has 0 atom stereocenters. The number of benzene rings is 1. The number of rotatable bonds is 6. The molecule has 0 saturated carbocycles. The summed E-state index contributed by atoms with van der Waals surface area (Å²) >= 11 is 0. The van der Waals surface area contributed by atoms with Gasteiger partial charge < -0.3 is 14.5 Å². The highest BCUT2D eigenvalue weighted by molar-refractivity contribution is 5.79. The van der Waals surface area contributed by atoms with E-state index in [1.165, 1.54) is 5.56 Å². The molecule has 0 unspecified atom stereocenters. The first kappa shape index (κ1) is 18.3. The first-order valence-corrected chi connectivity index (χ1v) is 8.77. The summed E-state index contributed by atoms with van der Waals surface area (Å²) in [4.78, 5) is 28.0. The number of nitrogens with zero attached hydrogens (tertiary/aromatic N) is 2. The Bertz CT molecular complexity index is 578. The van der Waals surface area contributed by atoms with Gasteiger partial charge in [-0.2, -0.15) is 0 Å². The molecule has 1 aliphatic rings. The van der Waals surface area contributed by atoms with E-state index < -0.39 is 0 Å². The van der Waals surface area contributed by atoms with Crippen molar-refractivity contribution in [2.24, 2.45) is 0 Å². The minimum atomic E-state index is -0.0179. The summed E-state index contributed by atoms with van der Waals surface area (Å²) in [5, 5.41) is 0. The van der Waals surface area contributed by atoms with E-state index in [4.69, 9.17) is 4.74 Å². The Hall–Kier alpha value is -2.04. The van der Waals surface area contributed by atoms with E-state index in [-0.39, 0.29) is 18.4 Å². The molecule has 0 aliphatic carbocycles. The van der Waals surface area contributed by atoms with Crippen molar-refractivity contribution in [3.63, 3.8) is 0 Å². The van der Waals surface area contributed by atoms with Gasteiger partial charge in [-0.05, 0) is 31.9 Å². The fraction of sp³-hybridized carbons (Fsp3) is 0.579. The summed E-state index contributed by atoms with van der Waals surface area (Å²) in [7, 11) is 0. The maximum Gasteiger partial charge on any atom is 0.260 e. The lowest BCUT2D eigenvalue weighted by atomic mass is 10.1. The lowest BCUT2D eigenvalue weighted by molar-refractivity contribution is -0.140. The van der Waals surface area contributed by atoms with E-state index in [1.807, 2.05) is 36.9 Å². The molecule has 1 fully saturated rings. The number of unbranched alkanes of at least 4 members (excludes halogenated alkanes) is 1. The Kier molecular flexibility index (Phi) is 6.64. The van der Waals surface area contributed by atoms with Crippen LogP contribution in [-0.4, -0.2) is 54.4 Å². The first-order chi connectivity index (χ1) is 11.5. The minimum absolute atomic E-state index is 0.0179. The van der Waals surface area contributed by atoms with Gasteiger partial charge in [0.25, 0.3) is 5.91 Å². The molecular weight excluding hydrogens is 304 g/mol. The molecule has 1 saturated heterocycles. The smallest absolute Gasteiger partial charge is 0.260 e. The van der Waals surface area contributed by atoms with Crippen LogP contribution in [0.15, 0.2) is 18.2 Å². The topological polar surface area (TPSA) is 49.9 Å². The molecule has 0 bridgehead atoms. The Morgan fingerprint density at radius 2 is 1.67 bits per heavy atom. The van der Waals surface area contributed by atoms with Crippen LogP contribution in [0.25, 0.3) is 0 Å². The molecule has 132 valence electrons. The number of aryl methyl sites for hydroxylation is 2. The third kappa shape index (κ3) is 4.98. The van der Waals surface area contributed by atoms with Crippen molar-refractivity contribution in [3.05, 3.63) is 29.3 Å². The van der Waals surface area contributed by atoms with Crippen LogP contribution >= 0.6 is 0 Å². The van der Waals surface area contributed by atoms with E-state index in [9.17, 15) is 9.59 Å². The van der Waals surface area contributed by atoms with Crippen LogP contribution in [0, 0.1) is 13.8 Å². The molecule has 1 aliphatic heterocycles. The van der Waals surface area contributed by atoms with Gasteiger partial charge in [0.05, 0.1) is 0 Å². The normalized spacial score (nSPS) is 14.6. The van der Waals surface area contributed by atoms with E-state index in [0.29, 0.717) is 32.6 Å². The zero-order valence-corrected chi connectivity index (χ0v) is 15.0. The van der Waals surface area contributed by atoms with Gasteiger partial charge in [0, 0.05) is 32.6 Å². The number of carbonyl (C=O) groups is 2. The largest absolute Gasteiger partial charge is 0.484 e. The van der Waals surface area contributed by atoms with Crippen molar-refractivity contribution in [2.75, 3.05) is 32.8 Å². The molecule has 0 radical (unpaired) electrons. The standard InChI is InChI=1S/C19H28N2O3/c1-4-5-6-18(22)20-9-11-21(12-10-20)19(23)14-24-17-8-7-15(2)13-16(17)3/h7-8,13H,4-6,9-12,14H2,1-3H3. The first-order valence-electron chi connectivity index (χ1n) is 8.77. The van der Waals surface area contributed by atoms with Gasteiger partial charge in [-0.15, -0.1) is 0 Å². The van der Waals surface area contributed by atoms with E-state index in [1.54, 1.807) is 4.90 Å². The summed E-state index contributed by atoms with van der Waals surface area (Å²) in [6.45, 7) is 8.57. The lowest BCUT2D eigenvalue weighted by Gasteiger charge is -2.34. The van der Waals surface area contributed by atoms with E-state index >= 15 is 0 Å². The maximum absolute atomic E-state index is 12.3. The highest BCUT2D eigenvalue weighted by Gasteiger charge is 2.24. The number of hydrogen-bond donors (Lipinski definition) is 0. The number of amides is 2. The molecule has 1 heterocycles. The molecule has 0 spiro atoms. The Labute approximate surface area is 144 Å². The number of piperazine rings is 1. The predicted molar refractivity (Wildman–Crippen MR) is 94.1 cm³/mol. The van der Waals surface area contributed by atoms with Gasteiger partial charge in [0.15, 0.2) is 6.61 Å². The summed E-state index contributed by atoms with van der Waals surface area (Å²) < 4.78 is 5.66.